The summed E-state index contributed by atoms with van der Waals surface area (Å²) in [5.74, 6) is 0.475. The van der Waals surface area contributed by atoms with Crippen molar-refractivity contribution in [3.05, 3.63) is 34.7 Å². The predicted molar refractivity (Wildman–Crippen MR) is 59.0 cm³/mol. The highest BCUT2D eigenvalue weighted by Gasteiger charge is 2.10. The molecule has 0 unspecified atom stereocenters. The fourth-order valence-corrected chi connectivity index (χ4v) is 2.03. The molecule has 0 aliphatic heterocycles. The summed E-state index contributed by atoms with van der Waals surface area (Å²) in [6.07, 6.45) is 1.82. The third kappa shape index (κ3) is 1.30. The molecule has 2 rings (SSSR count). The first kappa shape index (κ1) is 9.53. The highest BCUT2D eigenvalue weighted by atomic mass is 35.5. The highest BCUT2D eigenvalue weighted by molar-refractivity contribution is 6.33. The SMILES string of the molecule is Cc1cc(Cl)c2nccc(C(C)C)n12. The molecular weight excluding hydrogens is 196 g/mol. The first-order chi connectivity index (χ1) is 6.61. The molecule has 0 spiro atoms. The summed E-state index contributed by atoms with van der Waals surface area (Å²) in [4.78, 5) is 4.28. The molecule has 0 bridgehead atoms. The first-order valence-electron chi connectivity index (χ1n) is 4.73. The van der Waals surface area contributed by atoms with Gasteiger partial charge in [0, 0.05) is 17.6 Å². The lowest BCUT2D eigenvalue weighted by atomic mass is 10.1. The summed E-state index contributed by atoms with van der Waals surface area (Å²) in [7, 11) is 0. The van der Waals surface area contributed by atoms with Crippen LogP contribution < -0.4 is 0 Å². The van der Waals surface area contributed by atoms with Crippen molar-refractivity contribution in [3.63, 3.8) is 0 Å². The van der Waals surface area contributed by atoms with Crippen molar-refractivity contribution < 1.29 is 0 Å². The van der Waals surface area contributed by atoms with Gasteiger partial charge in [0.05, 0.1) is 5.02 Å². The van der Waals surface area contributed by atoms with Crippen LogP contribution >= 0.6 is 11.6 Å². The van der Waals surface area contributed by atoms with Crippen molar-refractivity contribution in [1.29, 1.82) is 0 Å². The van der Waals surface area contributed by atoms with E-state index >= 15 is 0 Å². The Morgan fingerprint density at radius 3 is 2.79 bits per heavy atom. The summed E-state index contributed by atoms with van der Waals surface area (Å²) in [6, 6.07) is 4.00. The number of halogens is 1. The molecule has 2 aromatic heterocycles. The van der Waals surface area contributed by atoms with E-state index in [0.717, 1.165) is 16.4 Å². The van der Waals surface area contributed by atoms with Gasteiger partial charge in [0.2, 0.25) is 0 Å². The zero-order valence-electron chi connectivity index (χ0n) is 8.58. The second-order valence-electron chi connectivity index (χ2n) is 3.82. The zero-order chi connectivity index (χ0) is 10.3. The first-order valence-corrected chi connectivity index (χ1v) is 5.11. The van der Waals surface area contributed by atoms with Gasteiger partial charge in [-0.1, -0.05) is 25.4 Å². The smallest absolute Gasteiger partial charge is 0.155 e. The Morgan fingerprint density at radius 2 is 2.14 bits per heavy atom. The topological polar surface area (TPSA) is 17.3 Å². The number of nitrogens with zero attached hydrogens (tertiary/aromatic N) is 2. The molecule has 0 saturated heterocycles. The third-order valence-electron chi connectivity index (χ3n) is 2.41. The molecular formula is C11H13ClN2. The van der Waals surface area contributed by atoms with Crippen LogP contribution in [0.4, 0.5) is 0 Å². The van der Waals surface area contributed by atoms with Crippen molar-refractivity contribution in [2.24, 2.45) is 0 Å². The lowest BCUT2D eigenvalue weighted by Gasteiger charge is -2.10. The fourth-order valence-electron chi connectivity index (χ4n) is 1.74. The molecule has 2 aromatic rings. The average molecular weight is 209 g/mol. The Hall–Kier alpha value is -1.02. The Morgan fingerprint density at radius 1 is 1.43 bits per heavy atom. The van der Waals surface area contributed by atoms with Crippen LogP contribution in [0.2, 0.25) is 5.02 Å². The van der Waals surface area contributed by atoms with Crippen molar-refractivity contribution in [2.45, 2.75) is 26.7 Å². The summed E-state index contributed by atoms with van der Waals surface area (Å²) in [6.45, 7) is 6.39. The maximum atomic E-state index is 6.07. The van der Waals surface area contributed by atoms with Crippen LogP contribution in [0.15, 0.2) is 18.3 Å². The van der Waals surface area contributed by atoms with E-state index in [4.69, 9.17) is 11.6 Å². The number of rotatable bonds is 1. The molecule has 0 fully saturated rings. The maximum absolute atomic E-state index is 6.07. The zero-order valence-corrected chi connectivity index (χ0v) is 9.34. The molecule has 0 amide bonds. The van der Waals surface area contributed by atoms with Crippen LogP contribution in [-0.2, 0) is 0 Å². The summed E-state index contributed by atoms with van der Waals surface area (Å²) >= 11 is 6.07. The minimum atomic E-state index is 0.475. The molecule has 3 heteroatoms. The summed E-state index contributed by atoms with van der Waals surface area (Å²) in [5.41, 5.74) is 3.25. The Balaban J connectivity index is 2.85. The fraction of sp³-hybridized carbons (Fsp3) is 0.364. The maximum Gasteiger partial charge on any atom is 0.155 e. The Bertz CT molecular complexity index is 471. The average Bonchev–Trinajstić information content (AvgIpc) is 2.43. The number of hydrogen-bond donors (Lipinski definition) is 0. The molecule has 0 aliphatic rings. The van der Waals surface area contributed by atoms with E-state index in [9.17, 15) is 0 Å². The summed E-state index contributed by atoms with van der Waals surface area (Å²) in [5, 5.41) is 0.727. The van der Waals surface area contributed by atoms with Gasteiger partial charge in [-0.25, -0.2) is 4.98 Å². The molecule has 14 heavy (non-hydrogen) atoms. The molecule has 0 N–H and O–H groups in total. The summed E-state index contributed by atoms with van der Waals surface area (Å²) < 4.78 is 2.12. The number of aromatic nitrogens is 2. The minimum absolute atomic E-state index is 0.475. The number of hydrogen-bond acceptors (Lipinski definition) is 1. The van der Waals surface area contributed by atoms with E-state index in [2.05, 4.69) is 23.2 Å². The Labute approximate surface area is 88.5 Å². The van der Waals surface area contributed by atoms with E-state index < -0.39 is 0 Å². The van der Waals surface area contributed by atoms with Gasteiger partial charge in [-0.3, -0.25) is 0 Å². The normalized spacial score (nSPS) is 11.5. The second-order valence-corrected chi connectivity index (χ2v) is 4.22. The van der Waals surface area contributed by atoms with E-state index in [1.807, 2.05) is 25.3 Å². The molecule has 0 atom stereocenters. The van der Waals surface area contributed by atoms with E-state index in [1.165, 1.54) is 5.69 Å². The molecule has 2 heterocycles. The van der Waals surface area contributed by atoms with Gasteiger partial charge in [-0.05, 0) is 25.0 Å². The van der Waals surface area contributed by atoms with Crippen LogP contribution in [0.5, 0.6) is 0 Å². The number of aryl methyl sites for hydroxylation is 1. The largest absolute Gasteiger partial charge is 0.301 e. The van der Waals surface area contributed by atoms with Gasteiger partial charge in [0.15, 0.2) is 5.65 Å². The molecule has 74 valence electrons. The van der Waals surface area contributed by atoms with Gasteiger partial charge >= 0.3 is 0 Å². The standard InChI is InChI=1S/C11H13ClN2/c1-7(2)10-4-5-13-11-9(12)6-8(3)14(10)11/h4-7H,1-3H3. The molecule has 0 aromatic carbocycles. The van der Waals surface area contributed by atoms with Crippen LogP contribution in [0.3, 0.4) is 0 Å². The van der Waals surface area contributed by atoms with Gasteiger partial charge in [-0.15, -0.1) is 0 Å². The molecule has 0 radical (unpaired) electrons. The van der Waals surface area contributed by atoms with Gasteiger partial charge in [0.1, 0.15) is 0 Å². The van der Waals surface area contributed by atoms with Crippen molar-refractivity contribution in [1.82, 2.24) is 9.38 Å². The lowest BCUT2D eigenvalue weighted by Crippen LogP contribution is -2.01. The van der Waals surface area contributed by atoms with Gasteiger partial charge in [-0.2, -0.15) is 0 Å². The monoisotopic (exact) mass is 208 g/mol. The second kappa shape index (κ2) is 3.28. The lowest BCUT2D eigenvalue weighted by molar-refractivity contribution is 0.787. The van der Waals surface area contributed by atoms with Gasteiger partial charge in [0.25, 0.3) is 0 Å². The third-order valence-corrected chi connectivity index (χ3v) is 2.68. The van der Waals surface area contributed by atoms with Crippen molar-refractivity contribution >= 4 is 17.2 Å². The van der Waals surface area contributed by atoms with Crippen molar-refractivity contribution in [2.75, 3.05) is 0 Å². The predicted octanol–water partition coefficient (Wildman–Crippen LogP) is 3.42. The number of fused-ring (bicyclic) bond motifs is 1. The van der Waals surface area contributed by atoms with E-state index in [0.29, 0.717) is 5.92 Å². The van der Waals surface area contributed by atoms with Crippen LogP contribution in [0, 0.1) is 6.92 Å². The molecule has 0 aliphatic carbocycles. The van der Waals surface area contributed by atoms with Crippen molar-refractivity contribution in [3.8, 4) is 0 Å². The molecule has 0 saturated carbocycles. The highest BCUT2D eigenvalue weighted by Crippen LogP contribution is 2.24. The van der Waals surface area contributed by atoms with E-state index in [-0.39, 0.29) is 0 Å². The van der Waals surface area contributed by atoms with E-state index in [1.54, 1.807) is 0 Å². The quantitative estimate of drug-likeness (QED) is 0.702. The van der Waals surface area contributed by atoms with Crippen LogP contribution in [0.25, 0.3) is 5.65 Å². The Kier molecular flexibility index (Phi) is 2.23. The van der Waals surface area contributed by atoms with Crippen LogP contribution in [0.1, 0.15) is 31.2 Å². The minimum Gasteiger partial charge on any atom is -0.301 e. The van der Waals surface area contributed by atoms with Gasteiger partial charge < -0.3 is 4.40 Å². The molecule has 2 nitrogen and oxygen atoms in total. The van der Waals surface area contributed by atoms with Crippen LogP contribution in [-0.4, -0.2) is 9.38 Å².